The van der Waals surface area contributed by atoms with Gasteiger partial charge in [0.25, 0.3) is 0 Å². The lowest BCUT2D eigenvalue weighted by Crippen LogP contribution is -2.06. The quantitative estimate of drug-likeness (QED) is 0.426. The number of para-hydroxylation sites is 1. The molecule has 4 aromatic rings. The summed E-state index contributed by atoms with van der Waals surface area (Å²) in [4.78, 5) is 13.7. The van der Waals surface area contributed by atoms with Crippen LogP contribution in [0.2, 0.25) is 0 Å². The van der Waals surface area contributed by atoms with E-state index in [4.69, 9.17) is 4.74 Å². The fourth-order valence-electron chi connectivity index (χ4n) is 4.01. The minimum absolute atomic E-state index is 0.0670. The van der Waals surface area contributed by atoms with Crippen LogP contribution in [0.4, 0.5) is 0 Å². The summed E-state index contributed by atoms with van der Waals surface area (Å²) < 4.78 is 7.74. The zero-order valence-corrected chi connectivity index (χ0v) is 16.0. The Morgan fingerprint density at radius 2 is 1.59 bits per heavy atom. The monoisotopic (exact) mass is 357 g/mol. The number of fused-ring (bicyclic) bond motifs is 2. The predicted molar refractivity (Wildman–Crippen MR) is 111 cm³/mol. The highest BCUT2D eigenvalue weighted by molar-refractivity contribution is 6.22. The van der Waals surface area contributed by atoms with Crippen LogP contribution >= 0.6 is 0 Å². The van der Waals surface area contributed by atoms with E-state index in [1.165, 1.54) is 0 Å². The maximum absolute atomic E-state index is 13.7. The molecule has 0 saturated heterocycles. The van der Waals surface area contributed by atoms with E-state index < -0.39 is 0 Å². The second-order valence-electron chi connectivity index (χ2n) is 6.82. The van der Waals surface area contributed by atoms with Crippen molar-refractivity contribution in [1.82, 2.24) is 4.57 Å². The molecule has 0 aliphatic heterocycles. The molecule has 0 bridgehead atoms. The van der Waals surface area contributed by atoms with Gasteiger partial charge in [-0.3, -0.25) is 4.79 Å². The molecule has 0 fully saturated rings. The largest absolute Gasteiger partial charge is 0.496 e. The Kier molecular flexibility index (Phi) is 4.44. The lowest BCUT2D eigenvalue weighted by molar-refractivity contribution is 0.104. The molecule has 3 heteroatoms. The summed E-state index contributed by atoms with van der Waals surface area (Å²) in [5.41, 5.74) is 3.67. The number of aryl methyl sites for hydroxylation is 1. The van der Waals surface area contributed by atoms with Crippen LogP contribution in [-0.2, 0) is 6.54 Å². The van der Waals surface area contributed by atoms with Gasteiger partial charge < -0.3 is 9.30 Å². The van der Waals surface area contributed by atoms with Crippen molar-refractivity contribution in [2.24, 2.45) is 0 Å². The van der Waals surface area contributed by atoms with Gasteiger partial charge in [-0.05, 0) is 36.9 Å². The van der Waals surface area contributed by atoms with Crippen LogP contribution in [0.5, 0.6) is 5.75 Å². The predicted octanol–water partition coefficient (Wildman–Crippen LogP) is 5.75. The van der Waals surface area contributed by atoms with Gasteiger partial charge >= 0.3 is 0 Å². The van der Waals surface area contributed by atoms with Crippen molar-refractivity contribution in [3.63, 3.8) is 0 Å². The zero-order chi connectivity index (χ0) is 19.0. The normalized spacial score (nSPS) is 11.2. The molecule has 0 spiro atoms. The third kappa shape index (κ3) is 2.71. The van der Waals surface area contributed by atoms with Gasteiger partial charge in [-0.1, -0.05) is 49.4 Å². The Morgan fingerprint density at radius 3 is 2.30 bits per heavy atom. The van der Waals surface area contributed by atoms with E-state index in [0.29, 0.717) is 5.56 Å². The third-order valence-electron chi connectivity index (χ3n) is 5.25. The molecular weight excluding hydrogens is 334 g/mol. The molecule has 0 radical (unpaired) electrons. The topological polar surface area (TPSA) is 31.2 Å². The summed E-state index contributed by atoms with van der Waals surface area (Å²) in [5.74, 6) is 0.852. The van der Waals surface area contributed by atoms with E-state index >= 15 is 0 Å². The van der Waals surface area contributed by atoms with Crippen molar-refractivity contribution in [3.8, 4) is 5.75 Å². The van der Waals surface area contributed by atoms with Crippen molar-refractivity contribution < 1.29 is 9.53 Å². The van der Waals surface area contributed by atoms with E-state index in [2.05, 4.69) is 24.5 Å². The van der Waals surface area contributed by atoms with Crippen LogP contribution < -0.4 is 4.74 Å². The number of hydrogen-bond donors (Lipinski definition) is 0. The summed E-state index contributed by atoms with van der Waals surface area (Å²) >= 11 is 0. The molecule has 4 rings (SSSR count). The fraction of sp³-hybridized carbons (Fsp3) is 0.208. The number of nitrogens with zero attached hydrogens (tertiary/aromatic N) is 1. The molecule has 0 amide bonds. The average Bonchev–Trinajstić information content (AvgIpc) is 2.98. The maximum atomic E-state index is 13.7. The Balaban J connectivity index is 1.98. The number of ketones is 1. The van der Waals surface area contributed by atoms with Crippen molar-refractivity contribution in [1.29, 1.82) is 0 Å². The lowest BCUT2D eigenvalue weighted by atomic mass is 9.95. The number of methoxy groups -OCH3 is 1. The van der Waals surface area contributed by atoms with Crippen LogP contribution in [0.1, 0.15) is 35.0 Å². The van der Waals surface area contributed by atoms with Crippen molar-refractivity contribution in [2.45, 2.75) is 26.8 Å². The Hall–Kier alpha value is -3.07. The van der Waals surface area contributed by atoms with Gasteiger partial charge in [0.05, 0.1) is 12.7 Å². The molecule has 1 aromatic heterocycles. The maximum Gasteiger partial charge on any atom is 0.196 e. The number of ether oxygens (including phenoxy) is 1. The molecule has 27 heavy (non-hydrogen) atoms. The highest BCUT2D eigenvalue weighted by atomic mass is 16.5. The molecule has 1 heterocycles. The fourth-order valence-corrected chi connectivity index (χ4v) is 4.01. The smallest absolute Gasteiger partial charge is 0.196 e. The molecule has 0 unspecified atom stereocenters. The Labute approximate surface area is 159 Å². The van der Waals surface area contributed by atoms with E-state index in [9.17, 15) is 4.79 Å². The molecular formula is C24H23NO2. The van der Waals surface area contributed by atoms with Gasteiger partial charge in [0, 0.05) is 34.1 Å². The number of carbonyl (C=O) groups is 1. The summed E-state index contributed by atoms with van der Waals surface area (Å²) in [6, 6.07) is 19.9. The molecule has 0 saturated carbocycles. The van der Waals surface area contributed by atoms with Crippen LogP contribution in [0.25, 0.3) is 21.7 Å². The molecule has 0 atom stereocenters. The minimum Gasteiger partial charge on any atom is -0.496 e. The van der Waals surface area contributed by atoms with Crippen molar-refractivity contribution in [3.05, 3.63) is 77.5 Å². The van der Waals surface area contributed by atoms with Crippen LogP contribution in [-0.4, -0.2) is 17.5 Å². The number of rotatable bonds is 5. The van der Waals surface area contributed by atoms with Crippen LogP contribution in [0.15, 0.2) is 60.7 Å². The molecule has 0 aliphatic rings. The van der Waals surface area contributed by atoms with Crippen LogP contribution in [0, 0.1) is 6.92 Å². The summed E-state index contributed by atoms with van der Waals surface area (Å²) in [7, 11) is 1.66. The van der Waals surface area contributed by atoms with Crippen molar-refractivity contribution >= 4 is 27.5 Å². The molecule has 136 valence electrons. The first-order valence-electron chi connectivity index (χ1n) is 9.35. The number of carbonyl (C=O) groups excluding carboxylic acids is 1. The Bertz CT molecular complexity index is 1150. The summed E-state index contributed by atoms with van der Waals surface area (Å²) in [6.07, 6.45) is 1.03. The second kappa shape index (κ2) is 6.92. The summed E-state index contributed by atoms with van der Waals surface area (Å²) in [6.45, 7) is 5.12. The number of benzene rings is 3. The first-order chi connectivity index (χ1) is 13.2. The lowest BCUT2D eigenvalue weighted by Gasteiger charge is -2.11. The van der Waals surface area contributed by atoms with Gasteiger partial charge in [0.1, 0.15) is 5.75 Å². The Morgan fingerprint density at radius 1 is 0.926 bits per heavy atom. The molecule has 3 nitrogen and oxygen atoms in total. The van der Waals surface area contributed by atoms with E-state index in [1.807, 2.05) is 54.6 Å². The molecule has 0 aliphatic carbocycles. The molecule has 3 aromatic carbocycles. The standard InChI is InChI=1S/C24H23NO2/c1-4-15-25-16(2)23(20-11-7-8-12-21(20)25)24(26)19-13-14-22(27-3)18-10-6-5-9-17(18)19/h5-14H,4,15H2,1-3H3. The van der Waals surface area contributed by atoms with Gasteiger partial charge in [-0.15, -0.1) is 0 Å². The van der Waals surface area contributed by atoms with E-state index in [0.717, 1.165) is 51.6 Å². The first kappa shape index (κ1) is 17.3. The van der Waals surface area contributed by atoms with Crippen molar-refractivity contribution in [2.75, 3.05) is 7.11 Å². The van der Waals surface area contributed by atoms with Gasteiger partial charge in [-0.2, -0.15) is 0 Å². The summed E-state index contributed by atoms with van der Waals surface area (Å²) in [5, 5.41) is 2.91. The number of hydrogen-bond acceptors (Lipinski definition) is 2. The highest BCUT2D eigenvalue weighted by Crippen LogP contribution is 2.33. The minimum atomic E-state index is 0.0670. The third-order valence-corrected chi connectivity index (χ3v) is 5.25. The van der Waals surface area contributed by atoms with Gasteiger partial charge in [0.15, 0.2) is 5.78 Å². The van der Waals surface area contributed by atoms with E-state index in [1.54, 1.807) is 7.11 Å². The SMILES string of the molecule is CCCn1c(C)c(C(=O)c2ccc(OC)c3ccccc23)c2ccccc21. The highest BCUT2D eigenvalue weighted by Gasteiger charge is 2.22. The van der Waals surface area contributed by atoms with Gasteiger partial charge in [-0.25, -0.2) is 0 Å². The average molecular weight is 357 g/mol. The first-order valence-corrected chi connectivity index (χ1v) is 9.35. The van der Waals surface area contributed by atoms with E-state index in [-0.39, 0.29) is 5.78 Å². The zero-order valence-electron chi connectivity index (χ0n) is 16.0. The van der Waals surface area contributed by atoms with Gasteiger partial charge in [0.2, 0.25) is 0 Å². The molecule has 0 N–H and O–H groups in total. The van der Waals surface area contributed by atoms with Crippen LogP contribution in [0.3, 0.4) is 0 Å². The second-order valence-corrected chi connectivity index (χ2v) is 6.82. The number of aromatic nitrogens is 1.